The first-order valence-electron chi connectivity index (χ1n) is 8.56. The smallest absolute Gasteiger partial charge is 0.253 e. The summed E-state index contributed by atoms with van der Waals surface area (Å²) in [6, 6.07) is 7.41. The van der Waals surface area contributed by atoms with Gasteiger partial charge in [0.25, 0.3) is 11.8 Å². The third kappa shape index (κ3) is 4.10. The molecule has 0 aromatic heterocycles. The van der Waals surface area contributed by atoms with E-state index in [1.165, 1.54) is 19.3 Å². The maximum atomic E-state index is 12.5. The number of amides is 2. The van der Waals surface area contributed by atoms with Crippen LogP contribution in [0.4, 0.5) is 5.69 Å². The number of benzene rings is 1. The van der Waals surface area contributed by atoms with Crippen LogP contribution in [-0.2, 0) is 9.53 Å². The lowest BCUT2D eigenvalue weighted by molar-refractivity contribution is -0.124. The second-order valence-corrected chi connectivity index (χ2v) is 6.34. The monoisotopic (exact) mass is 316 g/mol. The highest BCUT2D eigenvalue weighted by Gasteiger charge is 2.25. The normalized spacial score (nSPS) is 21.8. The minimum Gasteiger partial charge on any atom is -0.368 e. The van der Waals surface area contributed by atoms with Crippen molar-refractivity contribution in [3.63, 3.8) is 0 Å². The second-order valence-electron chi connectivity index (χ2n) is 6.34. The van der Waals surface area contributed by atoms with E-state index in [0.717, 1.165) is 25.7 Å². The van der Waals surface area contributed by atoms with Crippen LogP contribution in [0, 0.1) is 0 Å². The molecule has 1 saturated carbocycles. The topological polar surface area (TPSA) is 67.4 Å². The lowest BCUT2D eigenvalue weighted by atomic mass is 9.95. The van der Waals surface area contributed by atoms with Gasteiger partial charge in [-0.2, -0.15) is 0 Å². The van der Waals surface area contributed by atoms with Crippen molar-refractivity contribution in [1.29, 1.82) is 0 Å². The van der Waals surface area contributed by atoms with E-state index < -0.39 is 6.10 Å². The molecule has 1 aromatic carbocycles. The van der Waals surface area contributed by atoms with Crippen molar-refractivity contribution in [3.8, 4) is 0 Å². The van der Waals surface area contributed by atoms with Gasteiger partial charge in [-0.15, -0.1) is 0 Å². The molecule has 23 heavy (non-hydrogen) atoms. The third-order valence-corrected chi connectivity index (χ3v) is 4.59. The standard InChI is InChI=1S/C18H24N2O3/c21-17(19-13-7-2-1-3-8-13)14-9-4-5-10-15(14)20-18(22)16-11-6-12-23-16/h4-5,9-10,13,16H,1-3,6-8,11-12H2,(H,19,21)(H,20,22)/t16-/m0/s1. The number of hydrogen-bond acceptors (Lipinski definition) is 3. The van der Waals surface area contributed by atoms with Crippen LogP contribution in [0.1, 0.15) is 55.3 Å². The van der Waals surface area contributed by atoms with Gasteiger partial charge in [-0.3, -0.25) is 9.59 Å². The molecule has 1 heterocycles. The molecule has 2 N–H and O–H groups in total. The molecule has 2 fully saturated rings. The Morgan fingerprint density at radius 3 is 2.52 bits per heavy atom. The van der Waals surface area contributed by atoms with Crippen LogP contribution >= 0.6 is 0 Å². The van der Waals surface area contributed by atoms with Gasteiger partial charge in [0.2, 0.25) is 0 Å². The Hall–Kier alpha value is -1.88. The number of carbonyl (C=O) groups excluding carboxylic acids is 2. The first-order valence-corrected chi connectivity index (χ1v) is 8.56. The maximum absolute atomic E-state index is 12.5. The number of para-hydroxylation sites is 1. The lowest BCUT2D eigenvalue weighted by Gasteiger charge is -2.23. The van der Waals surface area contributed by atoms with Gasteiger partial charge < -0.3 is 15.4 Å². The molecule has 2 amide bonds. The van der Waals surface area contributed by atoms with Crippen LogP contribution in [0.25, 0.3) is 0 Å². The number of anilines is 1. The van der Waals surface area contributed by atoms with Gasteiger partial charge in [-0.05, 0) is 37.8 Å². The molecule has 0 unspecified atom stereocenters. The van der Waals surface area contributed by atoms with Crippen LogP contribution in [-0.4, -0.2) is 30.6 Å². The molecule has 1 aromatic rings. The molecule has 124 valence electrons. The summed E-state index contributed by atoms with van der Waals surface area (Å²) in [5.74, 6) is -0.277. The summed E-state index contributed by atoms with van der Waals surface area (Å²) in [6.07, 6.45) is 6.91. The quantitative estimate of drug-likeness (QED) is 0.897. The van der Waals surface area contributed by atoms with Crippen molar-refractivity contribution in [2.75, 3.05) is 11.9 Å². The summed E-state index contributed by atoms with van der Waals surface area (Å²) < 4.78 is 5.40. The number of nitrogens with one attached hydrogen (secondary N) is 2. The zero-order chi connectivity index (χ0) is 16.1. The molecular weight excluding hydrogens is 292 g/mol. The first-order chi connectivity index (χ1) is 11.2. The van der Waals surface area contributed by atoms with Crippen LogP contribution in [0.2, 0.25) is 0 Å². The summed E-state index contributed by atoms with van der Waals surface area (Å²) in [6.45, 7) is 0.627. The maximum Gasteiger partial charge on any atom is 0.253 e. The van der Waals surface area contributed by atoms with Gasteiger partial charge >= 0.3 is 0 Å². The minimum absolute atomic E-state index is 0.111. The Kier molecular flexibility index (Phi) is 5.28. The largest absolute Gasteiger partial charge is 0.368 e. The lowest BCUT2D eigenvalue weighted by Crippen LogP contribution is -2.37. The molecular formula is C18H24N2O3. The highest BCUT2D eigenvalue weighted by Crippen LogP contribution is 2.21. The molecule has 0 radical (unpaired) electrons. The van der Waals surface area contributed by atoms with Crippen molar-refractivity contribution in [1.82, 2.24) is 5.32 Å². The SMILES string of the molecule is O=C(NC1CCCCC1)c1ccccc1NC(=O)[C@@H]1CCCO1. The summed E-state index contributed by atoms with van der Waals surface area (Å²) in [7, 11) is 0. The molecule has 0 bridgehead atoms. The molecule has 5 nitrogen and oxygen atoms in total. The van der Waals surface area contributed by atoms with Gasteiger partial charge in [0.15, 0.2) is 0 Å². The van der Waals surface area contributed by atoms with E-state index in [9.17, 15) is 9.59 Å². The number of carbonyl (C=O) groups is 2. The fourth-order valence-electron chi connectivity index (χ4n) is 3.30. The van der Waals surface area contributed by atoms with Crippen LogP contribution < -0.4 is 10.6 Å². The van der Waals surface area contributed by atoms with E-state index >= 15 is 0 Å². The van der Waals surface area contributed by atoms with Gasteiger partial charge in [0.1, 0.15) is 6.10 Å². The molecule has 1 aliphatic heterocycles. The van der Waals surface area contributed by atoms with E-state index in [1.807, 2.05) is 12.1 Å². The summed E-state index contributed by atoms with van der Waals surface area (Å²) >= 11 is 0. The van der Waals surface area contributed by atoms with Crippen LogP contribution in [0.15, 0.2) is 24.3 Å². The van der Waals surface area contributed by atoms with Gasteiger partial charge in [-0.1, -0.05) is 31.4 Å². The van der Waals surface area contributed by atoms with Crippen molar-refractivity contribution >= 4 is 17.5 Å². The molecule has 5 heteroatoms. The van der Waals surface area contributed by atoms with Crippen molar-refractivity contribution in [2.24, 2.45) is 0 Å². The predicted octanol–water partition coefficient (Wildman–Crippen LogP) is 2.87. The number of rotatable bonds is 4. The fourth-order valence-corrected chi connectivity index (χ4v) is 3.30. The molecule has 2 aliphatic rings. The summed E-state index contributed by atoms with van der Waals surface area (Å²) in [5.41, 5.74) is 1.07. The molecule has 3 rings (SSSR count). The average Bonchev–Trinajstić information content (AvgIpc) is 3.11. The zero-order valence-electron chi connectivity index (χ0n) is 13.3. The van der Waals surface area contributed by atoms with E-state index in [-0.39, 0.29) is 17.9 Å². The Labute approximate surface area is 136 Å². The van der Waals surface area contributed by atoms with Crippen LogP contribution in [0.5, 0.6) is 0 Å². The first kappa shape index (κ1) is 16.0. The molecule has 1 saturated heterocycles. The Bertz CT molecular complexity index is 561. The highest BCUT2D eigenvalue weighted by atomic mass is 16.5. The van der Waals surface area contributed by atoms with Gasteiger partial charge in [0.05, 0.1) is 11.3 Å². The number of hydrogen-bond donors (Lipinski definition) is 2. The van der Waals surface area contributed by atoms with E-state index in [4.69, 9.17) is 4.74 Å². The van der Waals surface area contributed by atoms with Crippen molar-refractivity contribution < 1.29 is 14.3 Å². The van der Waals surface area contributed by atoms with Crippen molar-refractivity contribution in [3.05, 3.63) is 29.8 Å². The average molecular weight is 316 g/mol. The third-order valence-electron chi connectivity index (χ3n) is 4.59. The summed E-state index contributed by atoms with van der Waals surface area (Å²) in [5, 5.41) is 5.94. The molecule has 0 spiro atoms. The Morgan fingerprint density at radius 1 is 1.00 bits per heavy atom. The van der Waals surface area contributed by atoms with Crippen molar-refractivity contribution in [2.45, 2.75) is 57.1 Å². The Balaban J connectivity index is 1.66. The Morgan fingerprint density at radius 2 is 1.78 bits per heavy atom. The van der Waals surface area contributed by atoms with E-state index in [2.05, 4.69) is 10.6 Å². The number of ether oxygens (including phenoxy) is 1. The summed E-state index contributed by atoms with van der Waals surface area (Å²) in [4.78, 5) is 24.8. The van der Waals surface area contributed by atoms with Gasteiger partial charge in [0, 0.05) is 12.6 Å². The van der Waals surface area contributed by atoms with E-state index in [1.54, 1.807) is 12.1 Å². The second kappa shape index (κ2) is 7.59. The molecule has 1 aliphatic carbocycles. The predicted molar refractivity (Wildman–Crippen MR) is 88.4 cm³/mol. The minimum atomic E-state index is -0.399. The zero-order valence-corrected chi connectivity index (χ0v) is 13.3. The molecule has 1 atom stereocenters. The van der Waals surface area contributed by atoms with Gasteiger partial charge in [-0.25, -0.2) is 0 Å². The highest BCUT2D eigenvalue weighted by molar-refractivity contribution is 6.04. The van der Waals surface area contributed by atoms with E-state index in [0.29, 0.717) is 17.9 Å². The van der Waals surface area contributed by atoms with Crippen LogP contribution in [0.3, 0.4) is 0 Å². The fraction of sp³-hybridized carbons (Fsp3) is 0.556.